The lowest BCUT2D eigenvalue weighted by Gasteiger charge is -2.25. The maximum Gasteiger partial charge on any atom is 0.0638 e. The van der Waals surface area contributed by atoms with E-state index in [4.69, 9.17) is 16.9 Å². The summed E-state index contributed by atoms with van der Waals surface area (Å²) >= 11 is 5.89. The van der Waals surface area contributed by atoms with E-state index in [1.165, 1.54) is 5.69 Å². The van der Waals surface area contributed by atoms with Gasteiger partial charge in [-0.25, -0.2) is 0 Å². The lowest BCUT2D eigenvalue weighted by molar-refractivity contribution is 0.552. The smallest absolute Gasteiger partial charge is 0.0638 e. The molecule has 0 amide bonds. The van der Waals surface area contributed by atoms with Crippen molar-refractivity contribution >= 4 is 17.3 Å². The number of hydrogen-bond donors (Lipinski definition) is 1. The first-order chi connectivity index (χ1) is 8.29. The molecule has 4 heteroatoms. The zero-order valence-corrected chi connectivity index (χ0v) is 10.5. The molecule has 1 heterocycles. The molecule has 1 aromatic rings. The SMILES string of the molecule is N#CCC1CN(c2ccc(Cl)cc2)CCCN1. The van der Waals surface area contributed by atoms with Gasteiger partial charge in [-0.15, -0.1) is 0 Å². The van der Waals surface area contributed by atoms with E-state index in [1.54, 1.807) is 0 Å². The second-order valence-electron chi connectivity index (χ2n) is 4.29. The van der Waals surface area contributed by atoms with Gasteiger partial charge in [-0.3, -0.25) is 0 Å². The molecule has 1 aliphatic rings. The van der Waals surface area contributed by atoms with Crippen LogP contribution in [0.3, 0.4) is 0 Å². The molecule has 1 atom stereocenters. The van der Waals surface area contributed by atoms with Crippen molar-refractivity contribution in [3.63, 3.8) is 0 Å². The Kier molecular flexibility index (Phi) is 4.24. The number of hydrogen-bond acceptors (Lipinski definition) is 3. The lowest BCUT2D eigenvalue weighted by Crippen LogP contribution is -2.37. The average molecular weight is 250 g/mol. The molecule has 0 spiro atoms. The third-order valence-corrected chi connectivity index (χ3v) is 3.26. The summed E-state index contributed by atoms with van der Waals surface area (Å²) in [5.74, 6) is 0. The molecule has 0 radical (unpaired) electrons. The highest BCUT2D eigenvalue weighted by molar-refractivity contribution is 6.30. The van der Waals surface area contributed by atoms with Gasteiger partial charge in [-0.2, -0.15) is 5.26 Å². The largest absolute Gasteiger partial charge is 0.370 e. The molecule has 0 aliphatic carbocycles. The first-order valence-corrected chi connectivity index (χ1v) is 6.28. The Labute approximate surface area is 107 Å². The molecule has 1 aliphatic heterocycles. The van der Waals surface area contributed by atoms with Gasteiger partial charge in [0.05, 0.1) is 12.5 Å². The van der Waals surface area contributed by atoms with Crippen molar-refractivity contribution in [2.75, 3.05) is 24.5 Å². The predicted molar refractivity (Wildman–Crippen MR) is 70.3 cm³/mol. The van der Waals surface area contributed by atoms with Crippen LogP contribution in [0.5, 0.6) is 0 Å². The number of halogens is 1. The van der Waals surface area contributed by atoms with Gasteiger partial charge in [0, 0.05) is 29.8 Å². The molecule has 3 nitrogen and oxygen atoms in total. The number of nitrogens with zero attached hydrogens (tertiary/aromatic N) is 2. The standard InChI is InChI=1S/C13H16ClN3/c14-11-2-4-13(5-3-11)17-9-1-8-16-12(10-17)6-7-15/h2-5,12,16H,1,6,8-10H2. The van der Waals surface area contributed by atoms with E-state index in [-0.39, 0.29) is 6.04 Å². The summed E-state index contributed by atoms with van der Waals surface area (Å²) in [6.45, 7) is 2.89. The monoisotopic (exact) mass is 249 g/mol. The van der Waals surface area contributed by atoms with Crippen molar-refractivity contribution in [2.24, 2.45) is 0 Å². The van der Waals surface area contributed by atoms with Crippen LogP contribution in [-0.4, -0.2) is 25.7 Å². The summed E-state index contributed by atoms with van der Waals surface area (Å²) in [5, 5.41) is 12.9. The quantitative estimate of drug-likeness (QED) is 0.875. The second-order valence-corrected chi connectivity index (χ2v) is 4.73. The number of rotatable bonds is 2. The molecule has 1 saturated heterocycles. The van der Waals surface area contributed by atoms with Crippen LogP contribution in [0.4, 0.5) is 5.69 Å². The molecule has 1 N–H and O–H groups in total. The van der Waals surface area contributed by atoms with Crippen LogP contribution in [0.25, 0.3) is 0 Å². The highest BCUT2D eigenvalue weighted by atomic mass is 35.5. The Bertz CT molecular complexity index is 396. The topological polar surface area (TPSA) is 39.1 Å². The van der Waals surface area contributed by atoms with Gasteiger partial charge < -0.3 is 10.2 Å². The fraction of sp³-hybridized carbons (Fsp3) is 0.462. The van der Waals surface area contributed by atoms with E-state index in [1.807, 2.05) is 24.3 Å². The molecule has 0 saturated carbocycles. The minimum Gasteiger partial charge on any atom is -0.370 e. The molecule has 0 bridgehead atoms. The molecule has 17 heavy (non-hydrogen) atoms. The van der Waals surface area contributed by atoms with Crippen LogP contribution in [0.15, 0.2) is 24.3 Å². The molecule has 90 valence electrons. The minimum absolute atomic E-state index is 0.262. The molecule has 0 aromatic heterocycles. The van der Waals surface area contributed by atoms with Crippen molar-refractivity contribution in [1.29, 1.82) is 5.26 Å². The summed E-state index contributed by atoms with van der Waals surface area (Å²) in [5.41, 5.74) is 1.18. The Morgan fingerprint density at radius 2 is 2.18 bits per heavy atom. The second kappa shape index (κ2) is 5.90. The van der Waals surface area contributed by atoms with Crippen molar-refractivity contribution in [3.05, 3.63) is 29.3 Å². The van der Waals surface area contributed by atoms with E-state index >= 15 is 0 Å². The number of nitrogens with one attached hydrogen (secondary N) is 1. The molecule has 1 unspecified atom stereocenters. The zero-order valence-electron chi connectivity index (χ0n) is 9.69. The molecular formula is C13H16ClN3. The third kappa shape index (κ3) is 3.36. The van der Waals surface area contributed by atoms with E-state index < -0.39 is 0 Å². The first kappa shape index (κ1) is 12.2. The van der Waals surface area contributed by atoms with Gasteiger partial charge in [0.15, 0.2) is 0 Å². The fourth-order valence-corrected chi connectivity index (χ4v) is 2.26. The molecular weight excluding hydrogens is 234 g/mol. The van der Waals surface area contributed by atoms with Crippen LogP contribution < -0.4 is 10.2 Å². The highest BCUT2D eigenvalue weighted by Gasteiger charge is 2.17. The van der Waals surface area contributed by atoms with Gasteiger partial charge in [0.25, 0.3) is 0 Å². The summed E-state index contributed by atoms with van der Waals surface area (Å²) in [7, 11) is 0. The van der Waals surface area contributed by atoms with Crippen LogP contribution in [0, 0.1) is 11.3 Å². The fourth-order valence-electron chi connectivity index (χ4n) is 2.13. The van der Waals surface area contributed by atoms with Gasteiger partial charge in [0.2, 0.25) is 0 Å². The lowest BCUT2D eigenvalue weighted by atomic mass is 10.2. The van der Waals surface area contributed by atoms with Crippen molar-refractivity contribution in [2.45, 2.75) is 18.9 Å². The Morgan fingerprint density at radius 3 is 2.88 bits per heavy atom. The van der Waals surface area contributed by atoms with E-state index in [2.05, 4.69) is 16.3 Å². The Morgan fingerprint density at radius 1 is 1.41 bits per heavy atom. The average Bonchev–Trinajstić information content (AvgIpc) is 2.56. The maximum absolute atomic E-state index is 8.78. The van der Waals surface area contributed by atoms with Crippen LogP contribution in [0.1, 0.15) is 12.8 Å². The predicted octanol–water partition coefficient (Wildman–Crippen LogP) is 2.42. The number of anilines is 1. The first-order valence-electron chi connectivity index (χ1n) is 5.90. The van der Waals surface area contributed by atoms with Crippen LogP contribution in [-0.2, 0) is 0 Å². The van der Waals surface area contributed by atoms with E-state index in [0.29, 0.717) is 6.42 Å². The third-order valence-electron chi connectivity index (χ3n) is 3.01. The Balaban J connectivity index is 2.08. The summed E-state index contributed by atoms with van der Waals surface area (Å²) < 4.78 is 0. The number of benzene rings is 1. The maximum atomic E-state index is 8.78. The van der Waals surface area contributed by atoms with Gasteiger partial charge >= 0.3 is 0 Å². The van der Waals surface area contributed by atoms with Crippen molar-refractivity contribution in [3.8, 4) is 6.07 Å². The molecule has 1 aromatic carbocycles. The van der Waals surface area contributed by atoms with Crippen molar-refractivity contribution < 1.29 is 0 Å². The van der Waals surface area contributed by atoms with E-state index in [9.17, 15) is 0 Å². The zero-order chi connectivity index (χ0) is 12.1. The van der Waals surface area contributed by atoms with E-state index in [0.717, 1.165) is 31.1 Å². The summed E-state index contributed by atoms with van der Waals surface area (Å²) in [6, 6.07) is 10.4. The molecule has 1 fully saturated rings. The minimum atomic E-state index is 0.262. The van der Waals surface area contributed by atoms with Crippen LogP contribution >= 0.6 is 11.6 Å². The van der Waals surface area contributed by atoms with Crippen LogP contribution in [0.2, 0.25) is 5.02 Å². The molecule has 2 rings (SSSR count). The van der Waals surface area contributed by atoms with Gasteiger partial charge in [-0.05, 0) is 37.2 Å². The normalized spacial score (nSPS) is 20.7. The highest BCUT2D eigenvalue weighted by Crippen LogP contribution is 2.19. The Hall–Kier alpha value is -1.24. The van der Waals surface area contributed by atoms with Gasteiger partial charge in [-0.1, -0.05) is 11.6 Å². The number of nitriles is 1. The summed E-state index contributed by atoms with van der Waals surface area (Å²) in [4.78, 5) is 2.32. The van der Waals surface area contributed by atoms with Gasteiger partial charge in [0.1, 0.15) is 0 Å². The summed E-state index contributed by atoms with van der Waals surface area (Å²) in [6.07, 6.45) is 1.66. The van der Waals surface area contributed by atoms with Crippen molar-refractivity contribution in [1.82, 2.24) is 5.32 Å².